The summed E-state index contributed by atoms with van der Waals surface area (Å²) in [7, 11) is 0. The second kappa shape index (κ2) is 8.08. The molecule has 2 unspecified atom stereocenters. The summed E-state index contributed by atoms with van der Waals surface area (Å²) in [6.07, 6.45) is 2.40. The molecule has 8 nitrogen and oxygen atoms in total. The van der Waals surface area contributed by atoms with Gasteiger partial charge < -0.3 is 15.4 Å². The van der Waals surface area contributed by atoms with Crippen molar-refractivity contribution in [3.05, 3.63) is 40.5 Å². The Labute approximate surface area is 193 Å². The van der Waals surface area contributed by atoms with Crippen molar-refractivity contribution >= 4 is 17.4 Å². The van der Waals surface area contributed by atoms with Gasteiger partial charge in [0.15, 0.2) is 0 Å². The molecule has 3 aromatic rings. The Morgan fingerprint density at radius 2 is 1.81 bits per heavy atom. The fourth-order valence-corrected chi connectivity index (χ4v) is 5.02. The summed E-state index contributed by atoms with van der Waals surface area (Å²) in [4.78, 5) is 7.11. The van der Waals surface area contributed by atoms with E-state index in [0.29, 0.717) is 40.6 Å². The molecule has 9 heteroatoms. The largest absolute Gasteiger partial charge is 0.424 e. The van der Waals surface area contributed by atoms with Crippen LogP contribution in [0.3, 0.4) is 0 Å². The van der Waals surface area contributed by atoms with Gasteiger partial charge in [-0.25, -0.2) is 4.68 Å². The van der Waals surface area contributed by atoms with Crippen LogP contribution in [0, 0.1) is 25.7 Å². The van der Waals surface area contributed by atoms with Gasteiger partial charge in [0.2, 0.25) is 0 Å². The molecular formula is C23H30ClN7O. The summed E-state index contributed by atoms with van der Waals surface area (Å²) < 4.78 is 9.70. The summed E-state index contributed by atoms with van der Waals surface area (Å²) in [5, 5.41) is 10.1. The van der Waals surface area contributed by atoms with E-state index in [9.17, 15) is 0 Å². The van der Waals surface area contributed by atoms with E-state index in [1.54, 1.807) is 10.7 Å². The molecule has 0 amide bonds. The monoisotopic (exact) mass is 455 g/mol. The van der Waals surface area contributed by atoms with Gasteiger partial charge in [0, 0.05) is 30.2 Å². The van der Waals surface area contributed by atoms with E-state index in [1.807, 2.05) is 44.5 Å². The van der Waals surface area contributed by atoms with E-state index in [-0.39, 0.29) is 6.04 Å². The van der Waals surface area contributed by atoms with E-state index in [1.165, 1.54) is 12.8 Å². The molecule has 1 saturated heterocycles. The van der Waals surface area contributed by atoms with Gasteiger partial charge >= 0.3 is 6.01 Å². The summed E-state index contributed by atoms with van der Waals surface area (Å²) in [6.45, 7) is 9.94. The van der Waals surface area contributed by atoms with Crippen molar-refractivity contribution in [1.29, 1.82) is 0 Å². The zero-order valence-electron chi connectivity index (χ0n) is 19.0. The Kier molecular flexibility index (Phi) is 5.37. The normalized spacial score (nSPS) is 22.7. The van der Waals surface area contributed by atoms with Crippen LogP contribution in [0.1, 0.15) is 44.0 Å². The third kappa shape index (κ3) is 3.75. The topological polar surface area (TPSA) is 87.0 Å². The molecule has 2 aliphatic rings. The van der Waals surface area contributed by atoms with Crippen LogP contribution in [0.2, 0.25) is 5.02 Å². The van der Waals surface area contributed by atoms with Crippen LogP contribution in [-0.2, 0) is 0 Å². The Morgan fingerprint density at radius 1 is 1.09 bits per heavy atom. The van der Waals surface area contributed by atoms with Gasteiger partial charge in [-0.15, -0.1) is 5.10 Å². The molecule has 2 aromatic heterocycles. The molecule has 3 heterocycles. The van der Waals surface area contributed by atoms with Crippen molar-refractivity contribution in [3.63, 3.8) is 0 Å². The number of hydrogen-bond acceptors (Lipinski definition) is 6. The van der Waals surface area contributed by atoms with Crippen LogP contribution < -0.4 is 15.4 Å². The van der Waals surface area contributed by atoms with E-state index in [4.69, 9.17) is 37.3 Å². The maximum atomic E-state index is 6.43. The number of nitrogens with two attached hydrogens (primary N) is 1. The number of nitrogens with zero attached hydrogens (tertiary/aromatic N) is 6. The van der Waals surface area contributed by atoms with Crippen molar-refractivity contribution < 1.29 is 4.74 Å². The Hall–Kier alpha value is -2.58. The van der Waals surface area contributed by atoms with Gasteiger partial charge in [0.1, 0.15) is 11.6 Å². The SMILES string of the molecule is Cc1cc(N2CC3CCC(C2)C3N)n(-c2nc(Oc3ccc(C)c(Cl)c3)n(C(C)C)n2)n1. The van der Waals surface area contributed by atoms with Crippen LogP contribution in [0.25, 0.3) is 5.95 Å². The molecule has 0 radical (unpaired) electrons. The second-order valence-corrected chi connectivity index (χ2v) is 9.79. The third-order valence-corrected chi connectivity index (χ3v) is 7.07. The maximum absolute atomic E-state index is 6.43. The highest BCUT2D eigenvalue weighted by atomic mass is 35.5. The molecule has 32 heavy (non-hydrogen) atoms. The molecule has 2 N–H and O–H groups in total. The number of aromatic nitrogens is 5. The van der Waals surface area contributed by atoms with Crippen LogP contribution in [-0.4, -0.2) is 43.7 Å². The van der Waals surface area contributed by atoms with Gasteiger partial charge in [0.25, 0.3) is 5.95 Å². The summed E-state index contributed by atoms with van der Waals surface area (Å²) in [6, 6.07) is 8.50. The molecule has 1 aliphatic heterocycles. The van der Waals surface area contributed by atoms with E-state index in [2.05, 4.69) is 11.0 Å². The lowest BCUT2D eigenvalue weighted by Gasteiger charge is -2.37. The zero-order chi connectivity index (χ0) is 22.6. The fraction of sp³-hybridized carbons (Fsp3) is 0.522. The van der Waals surface area contributed by atoms with E-state index in [0.717, 1.165) is 30.2 Å². The summed E-state index contributed by atoms with van der Waals surface area (Å²) in [5.74, 6) is 3.20. The Bertz CT molecular complexity index is 1120. The van der Waals surface area contributed by atoms with Gasteiger partial charge in [-0.2, -0.15) is 14.8 Å². The molecule has 2 fully saturated rings. The van der Waals surface area contributed by atoms with Gasteiger partial charge in [-0.3, -0.25) is 0 Å². The minimum absolute atomic E-state index is 0.0658. The van der Waals surface area contributed by atoms with Crippen LogP contribution in [0.4, 0.5) is 5.82 Å². The molecule has 1 aromatic carbocycles. The number of benzene rings is 1. The quantitative estimate of drug-likeness (QED) is 0.617. The lowest BCUT2D eigenvalue weighted by Crippen LogP contribution is -2.49. The maximum Gasteiger partial charge on any atom is 0.322 e. The summed E-state index contributed by atoms with van der Waals surface area (Å²) in [5.41, 5.74) is 8.35. The van der Waals surface area contributed by atoms with Crippen molar-refractivity contribution in [2.75, 3.05) is 18.0 Å². The highest BCUT2D eigenvalue weighted by molar-refractivity contribution is 6.31. The standard InChI is InChI=1S/C23H30ClN7O/c1-13(2)30-23(32-18-8-5-14(3)19(24)10-18)26-22(28-30)31-20(9-15(4)27-31)29-11-16-6-7-17(12-29)21(16)25/h5,8-10,13,16-17,21H,6-7,11-12,25H2,1-4H3. The Morgan fingerprint density at radius 3 is 2.47 bits per heavy atom. The number of piperidine rings is 1. The number of anilines is 1. The zero-order valence-corrected chi connectivity index (χ0v) is 19.8. The average molecular weight is 456 g/mol. The smallest absolute Gasteiger partial charge is 0.322 e. The van der Waals surface area contributed by atoms with Gasteiger partial charge in [-0.05, 0) is 70.1 Å². The molecule has 1 saturated carbocycles. The van der Waals surface area contributed by atoms with Crippen LogP contribution in [0.15, 0.2) is 24.3 Å². The molecule has 5 rings (SSSR count). The molecule has 2 bridgehead atoms. The van der Waals surface area contributed by atoms with Crippen LogP contribution >= 0.6 is 11.6 Å². The molecule has 2 atom stereocenters. The predicted molar refractivity (Wildman–Crippen MR) is 125 cm³/mol. The number of rotatable bonds is 5. The first-order valence-electron chi connectivity index (χ1n) is 11.3. The summed E-state index contributed by atoms with van der Waals surface area (Å²) >= 11 is 6.28. The number of hydrogen-bond donors (Lipinski definition) is 1. The third-order valence-electron chi connectivity index (χ3n) is 6.66. The van der Waals surface area contributed by atoms with Crippen LogP contribution in [0.5, 0.6) is 11.8 Å². The number of halogens is 1. The minimum Gasteiger partial charge on any atom is -0.424 e. The first-order chi connectivity index (χ1) is 15.3. The van der Waals surface area contributed by atoms with E-state index >= 15 is 0 Å². The minimum atomic E-state index is 0.0658. The number of fused-ring (bicyclic) bond motifs is 2. The molecule has 0 spiro atoms. The lowest BCUT2D eigenvalue weighted by atomic mass is 9.93. The predicted octanol–water partition coefficient (Wildman–Crippen LogP) is 4.28. The first-order valence-corrected chi connectivity index (χ1v) is 11.7. The first kappa shape index (κ1) is 21.3. The molecular weight excluding hydrogens is 426 g/mol. The Balaban J connectivity index is 1.49. The number of ether oxygens (including phenoxy) is 1. The molecule has 1 aliphatic carbocycles. The van der Waals surface area contributed by atoms with Gasteiger partial charge in [0.05, 0.1) is 11.7 Å². The van der Waals surface area contributed by atoms with E-state index < -0.39 is 0 Å². The van der Waals surface area contributed by atoms with Gasteiger partial charge in [-0.1, -0.05) is 17.7 Å². The van der Waals surface area contributed by atoms with Crippen molar-refractivity contribution in [1.82, 2.24) is 24.5 Å². The highest BCUT2D eigenvalue weighted by Gasteiger charge is 2.40. The second-order valence-electron chi connectivity index (χ2n) is 9.38. The average Bonchev–Trinajstić information content (AvgIpc) is 3.38. The fourth-order valence-electron chi connectivity index (χ4n) is 4.85. The molecule has 170 valence electrons. The lowest BCUT2D eigenvalue weighted by molar-refractivity contribution is 0.353. The van der Waals surface area contributed by atoms with Crippen molar-refractivity contribution in [3.8, 4) is 17.7 Å². The number of aryl methyl sites for hydroxylation is 2. The van der Waals surface area contributed by atoms with Crippen molar-refractivity contribution in [2.45, 2.75) is 52.6 Å². The van der Waals surface area contributed by atoms with Crippen molar-refractivity contribution in [2.24, 2.45) is 17.6 Å². The highest BCUT2D eigenvalue weighted by Crippen LogP contribution is 2.38.